The molecule has 0 unspecified atom stereocenters. The summed E-state index contributed by atoms with van der Waals surface area (Å²) in [7, 11) is 3.62. The predicted octanol–water partition coefficient (Wildman–Crippen LogP) is 4.73. The molecule has 4 nitrogen and oxygen atoms in total. The van der Waals surface area contributed by atoms with Gasteiger partial charge in [-0.15, -0.1) is 0 Å². The molecule has 24 heavy (non-hydrogen) atoms. The summed E-state index contributed by atoms with van der Waals surface area (Å²) in [6.07, 6.45) is 3.26. The van der Waals surface area contributed by atoms with Crippen molar-refractivity contribution in [3.05, 3.63) is 71.5 Å². The van der Waals surface area contributed by atoms with E-state index in [0.29, 0.717) is 5.90 Å². The number of hydroxylamine groups is 2. The van der Waals surface area contributed by atoms with Gasteiger partial charge in [-0.3, -0.25) is 0 Å². The maximum atomic E-state index is 5.92. The zero-order valence-corrected chi connectivity index (χ0v) is 14.9. The van der Waals surface area contributed by atoms with Crippen LogP contribution in [0.2, 0.25) is 0 Å². The van der Waals surface area contributed by atoms with Crippen LogP contribution in [-0.2, 0) is 4.84 Å². The molecule has 2 aromatic carbocycles. The number of rotatable bonds is 5. The molecule has 0 saturated heterocycles. The number of ether oxygens (including phenoxy) is 1. The average molecular weight is 324 g/mol. The largest absolute Gasteiger partial charge is 0.439 e. The van der Waals surface area contributed by atoms with Crippen LogP contribution < -0.4 is 4.74 Å². The molecule has 4 heteroatoms. The van der Waals surface area contributed by atoms with E-state index in [1.54, 1.807) is 17.4 Å². The number of nitrogens with zero attached hydrogens (tertiary/aromatic N) is 2. The lowest BCUT2D eigenvalue weighted by molar-refractivity contribution is -0.0536. The average Bonchev–Trinajstić information content (AvgIpc) is 2.50. The molecule has 126 valence electrons. The quantitative estimate of drug-likeness (QED) is 0.345. The third-order valence-electron chi connectivity index (χ3n) is 3.42. The van der Waals surface area contributed by atoms with Gasteiger partial charge in [0.1, 0.15) is 12.0 Å². The third-order valence-corrected chi connectivity index (χ3v) is 3.42. The van der Waals surface area contributed by atoms with Gasteiger partial charge in [0.05, 0.1) is 5.69 Å². The molecular formula is C20H24N2O2. The Morgan fingerprint density at radius 1 is 1.00 bits per heavy atom. The van der Waals surface area contributed by atoms with E-state index in [9.17, 15) is 0 Å². The number of aryl methyl sites for hydroxylation is 3. The van der Waals surface area contributed by atoms with Crippen molar-refractivity contribution in [1.29, 1.82) is 0 Å². The Bertz CT molecular complexity index is 749. The zero-order valence-electron chi connectivity index (χ0n) is 14.9. The van der Waals surface area contributed by atoms with Gasteiger partial charge in [-0.1, -0.05) is 18.2 Å². The SMILES string of the molecule is Cc1cccc(OC(C=CON(C)C)=Nc2ccc(C)c(C)c2)c1. The second-order valence-electron chi connectivity index (χ2n) is 5.86. The van der Waals surface area contributed by atoms with Gasteiger partial charge in [-0.05, 0) is 61.7 Å². The summed E-state index contributed by atoms with van der Waals surface area (Å²) in [4.78, 5) is 9.90. The highest BCUT2D eigenvalue weighted by molar-refractivity contribution is 5.91. The molecule has 0 aromatic heterocycles. The third kappa shape index (κ3) is 5.56. The Labute approximate surface area is 144 Å². The minimum atomic E-state index is 0.464. The summed E-state index contributed by atoms with van der Waals surface area (Å²) in [5.74, 6) is 1.21. The number of benzene rings is 2. The van der Waals surface area contributed by atoms with Gasteiger partial charge in [0, 0.05) is 20.2 Å². The topological polar surface area (TPSA) is 34.1 Å². The van der Waals surface area contributed by atoms with Gasteiger partial charge in [0.2, 0.25) is 5.90 Å². The van der Waals surface area contributed by atoms with E-state index < -0.39 is 0 Å². The van der Waals surface area contributed by atoms with Crippen LogP contribution in [0, 0.1) is 20.8 Å². The number of hydrogen-bond donors (Lipinski definition) is 0. The Morgan fingerprint density at radius 3 is 2.46 bits per heavy atom. The summed E-state index contributed by atoms with van der Waals surface area (Å²) >= 11 is 0. The fourth-order valence-corrected chi connectivity index (χ4v) is 2.03. The van der Waals surface area contributed by atoms with Gasteiger partial charge < -0.3 is 9.57 Å². The fraction of sp³-hybridized carbons (Fsp3) is 0.250. The Hall–Kier alpha value is -2.59. The van der Waals surface area contributed by atoms with E-state index in [4.69, 9.17) is 9.57 Å². The second kappa shape index (κ2) is 8.31. The molecule has 2 rings (SSSR count). The summed E-state index contributed by atoms with van der Waals surface area (Å²) in [6, 6.07) is 13.9. The van der Waals surface area contributed by atoms with Crippen LogP contribution in [0.4, 0.5) is 5.69 Å². The lowest BCUT2D eigenvalue weighted by atomic mass is 10.1. The van der Waals surface area contributed by atoms with E-state index in [-0.39, 0.29) is 0 Å². The monoisotopic (exact) mass is 324 g/mol. The minimum Gasteiger partial charge on any atom is -0.439 e. The van der Waals surface area contributed by atoms with Gasteiger partial charge in [0.15, 0.2) is 0 Å². The normalized spacial score (nSPS) is 12.0. The highest BCUT2D eigenvalue weighted by Crippen LogP contribution is 2.19. The van der Waals surface area contributed by atoms with Crippen molar-refractivity contribution in [3.63, 3.8) is 0 Å². The van der Waals surface area contributed by atoms with Crippen LogP contribution in [0.1, 0.15) is 16.7 Å². The van der Waals surface area contributed by atoms with Crippen molar-refractivity contribution in [2.75, 3.05) is 14.1 Å². The van der Waals surface area contributed by atoms with Crippen molar-refractivity contribution >= 4 is 11.6 Å². The molecule has 0 N–H and O–H groups in total. The molecular weight excluding hydrogens is 300 g/mol. The maximum Gasteiger partial charge on any atom is 0.222 e. The highest BCUT2D eigenvalue weighted by Gasteiger charge is 2.02. The first-order valence-corrected chi connectivity index (χ1v) is 7.85. The van der Waals surface area contributed by atoms with Crippen LogP contribution in [0.15, 0.2) is 59.8 Å². The highest BCUT2D eigenvalue weighted by atomic mass is 16.7. The molecule has 0 amide bonds. The summed E-state index contributed by atoms with van der Waals surface area (Å²) in [5.41, 5.74) is 4.41. The van der Waals surface area contributed by atoms with Crippen LogP contribution in [-0.4, -0.2) is 25.1 Å². The smallest absolute Gasteiger partial charge is 0.222 e. The van der Waals surface area contributed by atoms with Gasteiger partial charge in [-0.25, -0.2) is 4.99 Å². The number of aliphatic imine (C=N–C) groups is 1. The first kappa shape index (κ1) is 17.8. The van der Waals surface area contributed by atoms with E-state index >= 15 is 0 Å². The van der Waals surface area contributed by atoms with Gasteiger partial charge in [-0.2, -0.15) is 5.06 Å². The predicted molar refractivity (Wildman–Crippen MR) is 98.7 cm³/mol. The second-order valence-corrected chi connectivity index (χ2v) is 5.86. The van der Waals surface area contributed by atoms with Crippen molar-refractivity contribution in [1.82, 2.24) is 5.06 Å². The fourth-order valence-electron chi connectivity index (χ4n) is 2.03. The van der Waals surface area contributed by atoms with Gasteiger partial charge >= 0.3 is 0 Å². The van der Waals surface area contributed by atoms with Gasteiger partial charge in [0.25, 0.3) is 0 Å². The van der Waals surface area contributed by atoms with E-state index in [2.05, 4.69) is 24.9 Å². The van der Waals surface area contributed by atoms with Crippen LogP contribution in [0.3, 0.4) is 0 Å². The summed E-state index contributed by atoms with van der Waals surface area (Å²) < 4.78 is 5.92. The van der Waals surface area contributed by atoms with Crippen molar-refractivity contribution in [3.8, 4) is 5.75 Å². The minimum absolute atomic E-state index is 0.464. The van der Waals surface area contributed by atoms with Crippen molar-refractivity contribution in [2.24, 2.45) is 4.99 Å². The Morgan fingerprint density at radius 2 is 1.79 bits per heavy atom. The zero-order chi connectivity index (χ0) is 17.5. The molecule has 0 aliphatic carbocycles. The molecule has 0 bridgehead atoms. The molecule has 2 aromatic rings. The van der Waals surface area contributed by atoms with Crippen molar-refractivity contribution in [2.45, 2.75) is 20.8 Å². The number of hydrogen-bond acceptors (Lipinski definition) is 4. The Balaban J connectivity index is 2.28. The van der Waals surface area contributed by atoms with E-state index in [1.807, 2.05) is 57.4 Å². The van der Waals surface area contributed by atoms with E-state index in [1.165, 1.54) is 11.1 Å². The first-order chi connectivity index (χ1) is 11.4. The standard InChI is InChI=1S/C20H24N2O2/c1-15-7-6-8-19(13-15)24-20(11-12-23-22(4)5)21-18-10-9-16(2)17(3)14-18/h6-14H,1-5H3. The van der Waals surface area contributed by atoms with Crippen LogP contribution in [0.5, 0.6) is 5.75 Å². The lowest BCUT2D eigenvalue weighted by Crippen LogP contribution is -2.09. The Kier molecular flexibility index (Phi) is 6.15. The molecule has 0 fully saturated rings. The molecule has 0 spiro atoms. The van der Waals surface area contributed by atoms with Crippen LogP contribution in [0.25, 0.3) is 0 Å². The summed E-state index contributed by atoms with van der Waals surface area (Å²) in [5, 5.41) is 1.59. The first-order valence-electron chi connectivity index (χ1n) is 7.85. The molecule has 0 aliphatic heterocycles. The maximum absolute atomic E-state index is 5.92. The molecule has 0 radical (unpaired) electrons. The molecule has 0 saturated carbocycles. The summed E-state index contributed by atoms with van der Waals surface area (Å²) in [6.45, 7) is 6.18. The van der Waals surface area contributed by atoms with Crippen LogP contribution >= 0.6 is 0 Å². The van der Waals surface area contributed by atoms with E-state index in [0.717, 1.165) is 17.0 Å². The lowest BCUT2D eigenvalue weighted by Gasteiger charge is -2.09. The molecule has 0 atom stereocenters. The molecule has 0 aliphatic rings. The molecule has 0 heterocycles. The van der Waals surface area contributed by atoms with Crippen molar-refractivity contribution < 1.29 is 9.57 Å².